The van der Waals surface area contributed by atoms with Gasteiger partial charge in [-0.15, -0.1) is 0 Å². The maximum absolute atomic E-state index is 12.5. The molecule has 1 rings (SSSR count). The average Bonchev–Trinajstić information content (AvgIpc) is 2.07. The van der Waals surface area contributed by atoms with Gasteiger partial charge >= 0.3 is 0 Å². The predicted octanol–water partition coefficient (Wildman–Crippen LogP) is 2.45. The van der Waals surface area contributed by atoms with E-state index in [0.29, 0.717) is 3.70 Å². The van der Waals surface area contributed by atoms with Crippen molar-refractivity contribution < 1.29 is 4.39 Å². The highest BCUT2D eigenvalue weighted by Crippen LogP contribution is 2.14. The van der Waals surface area contributed by atoms with Crippen molar-refractivity contribution in [1.29, 1.82) is 5.41 Å². The Labute approximate surface area is 94.8 Å². The van der Waals surface area contributed by atoms with Gasteiger partial charge in [0.25, 0.3) is 0 Å². The molecular formula is C9H9FIN3. The summed E-state index contributed by atoms with van der Waals surface area (Å²) >= 11 is 2.00. The van der Waals surface area contributed by atoms with Crippen molar-refractivity contribution in [2.45, 2.75) is 0 Å². The van der Waals surface area contributed by atoms with Gasteiger partial charge in [-0.2, -0.15) is 0 Å². The van der Waals surface area contributed by atoms with Crippen LogP contribution in [0.1, 0.15) is 0 Å². The Hall–Kier alpha value is -1.11. The first-order valence-corrected chi connectivity index (χ1v) is 4.89. The average molecular weight is 305 g/mol. The lowest BCUT2D eigenvalue weighted by Gasteiger charge is -2.04. The molecule has 1 aromatic carbocycles. The van der Waals surface area contributed by atoms with Crippen LogP contribution in [-0.2, 0) is 0 Å². The van der Waals surface area contributed by atoms with Crippen molar-refractivity contribution in [3.8, 4) is 0 Å². The quantitative estimate of drug-likeness (QED) is 0.348. The van der Waals surface area contributed by atoms with E-state index >= 15 is 0 Å². The summed E-state index contributed by atoms with van der Waals surface area (Å²) < 4.78 is 13.2. The molecule has 5 heteroatoms. The van der Waals surface area contributed by atoms with Crippen molar-refractivity contribution in [3.63, 3.8) is 0 Å². The maximum Gasteiger partial charge on any atom is 0.123 e. The van der Waals surface area contributed by atoms with Gasteiger partial charge in [-0.05, 0) is 46.9 Å². The monoisotopic (exact) mass is 305 g/mol. The fraction of sp³-hybridized carbons (Fsp3) is 0. The molecule has 0 bridgehead atoms. The van der Waals surface area contributed by atoms with Crippen molar-refractivity contribution >= 4 is 34.1 Å². The normalized spacial score (nSPS) is 11.1. The van der Waals surface area contributed by atoms with E-state index in [0.717, 1.165) is 5.69 Å². The number of rotatable bonds is 3. The van der Waals surface area contributed by atoms with E-state index in [1.54, 1.807) is 12.1 Å². The van der Waals surface area contributed by atoms with Crippen LogP contribution in [-0.4, -0.2) is 5.84 Å². The molecule has 0 fully saturated rings. The molecule has 1 aromatic rings. The first kappa shape index (κ1) is 11.0. The predicted molar refractivity (Wildman–Crippen MR) is 64.0 cm³/mol. The third-order valence-electron chi connectivity index (χ3n) is 1.39. The van der Waals surface area contributed by atoms with Crippen molar-refractivity contribution in [1.82, 2.24) is 0 Å². The molecular weight excluding hydrogens is 296 g/mol. The summed E-state index contributed by atoms with van der Waals surface area (Å²) in [6.07, 6.45) is 1.48. The second kappa shape index (κ2) is 4.94. The molecule has 0 radical (unpaired) electrons. The molecule has 4 N–H and O–H groups in total. The minimum absolute atomic E-state index is 0.0241. The Morgan fingerprint density at radius 1 is 1.43 bits per heavy atom. The molecule has 0 aliphatic rings. The Morgan fingerprint density at radius 3 is 2.50 bits per heavy atom. The molecule has 0 heterocycles. The van der Waals surface area contributed by atoms with E-state index in [-0.39, 0.29) is 11.7 Å². The van der Waals surface area contributed by atoms with Gasteiger partial charge in [-0.25, -0.2) is 4.39 Å². The molecule has 74 valence electrons. The Kier molecular flexibility index (Phi) is 3.87. The van der Waals surface area contributed by atoms with Gasteiger partial charge in [0.05, 0.1) is 3.70 Å². The highest BCUT2D eigenvalue weighted by molar-refractivity contribution is 14.1. The van der Waals surface area contributed by atoms with Crippen LogP contribution < -0.4 is 11.1 Å². The van der Waals surface area contributed by atoms with Crippen LogP contribution in [0.25, 0.3) is 0 Å². The smallest absolute Gasteiger partial charge is 0.123 e. The van der Waals surface area contributed by atoms with Crippen molar-refractivity contribution in [2.75, 3.05) is 5.32 Å². The van der Waals surface area contributed by atoms with E-state index in [2.05, 4.69) is 5.32 Å². The topological polar surface area (TPSA) is 61.9 Å². The van der Waals surface area contributed by atoms with Gasteiger partial charge < -0.3 is 11.1 Å². The third-order valence-corrected chi connectivity index (χ3v) is 1.97. The highest BCUT2D eigenvalue weighted by atomic mass is 127. The van der Waals surface area contributed by atoms with E-state index in [1.807, 2.05) is 22.6 Å². The molecule has 0 saturated carbocycles. The standard InChI is InChI=1S/C9H9FIN3/c10-6-1-3-7(4-2-6)14-8(11)5-9(12)13/h1-5,14H,(H3,12,13)/b8-5-. The number of nitrogens with two attached hydrogens (primary N) is 1. The second-order valence-electron chi connectivity index (χ2n) is 2.58. The fourth-order valence-electron chi connectivity index (χ4n) is 0.844. The van der Waals surface area contributed by atoms with Crippen LogP contribution in [0, 0.1) is 11.2 Å². The maximum atomic E-state index is 12.5. The van der Waals surface area contributed by atoms with E-state index in [1.165, 1.54) is 18.2 Å². The third kappa shape index (κ3) is 3.73. The van der Waals surface area contributed by atoms with Crippen LogP contribution >= 0.6 is 22.6 Å². The van der Waals surface area contributed by atoms with E-state index in [9.17, 15) is 4.39 Å². The lowest BCUT2D eigenvalue weighted by atomic mass is 10.3. The minimum Gasteiger partial charge on any atom is -0.384 e. The van der Waals surface area contributed by atoms with E-state index < -0.39 is 0 Å². The van der Waals surface area contributed by atoms with Gasteiger partial charge in [0.2, 0.25) is 0 Å². The number of benzene rings is 1. The highest BCUT2D eigenvalue weighted by Gasteiger charge is 1.95. The largest absolute Gasteiger partial charge is 0.384 e. The van der Waals surface area contributed by atoms with Gasteiger partial charge in [0, 0.05) is 11.8 Å². The SMILES string of the molecule is N=C(N)/C=C(/I)Nc1ccc(F)cc1. The number of nitrogens with one attached hydrogen (secondary N) is 2. The summed E-state index contributed by atoms with van der Waals surface area (Å²) in [5.41, 5.74) is 5.93. The molecule has 14 heavy (non-hydrogen) atoms. The molecule has 0 saturated heterocycles. The number of halogens is 2. The summed E-state index contributed by atoms with van der Waals surface area (Å²) in [5, 5.41) is 9.98. The van der Waals surface area contributed by atoms with Crippen LogP contribution in [0.2, 0.25) is 0 Å². The minimum atomic E-state index is -0.277. The zero-order valence-corrected chi connectivity index (χ0v) is 9.38. The molecule has 0 amide bonds. The van der Waals surface area contributed by atoms with Crippen molar-refractivity contribution in [3.05, 3.63) is 39.9 Å². The van der Waals surface area contributed by atoms with Crippen LogP contribution in [0.3, 0.4) is 0 Å². The van der Waals surface area contributed by atoms with Crippen molar-refractivity contribution in [2.24, 2.45) is 5.73 Å². The van der Waals surface area contributed by atoms with Crippen LogP contribution in [0.5, 0.6) is 0 Å². The van der Waals surface area contributed by atoms with Gasteiger partial charge in [-0.1, -0.05) is 0 Å². The summed E-state index contributed by atoms with van der Waals surface area (Å²) in [6, 6.07) is 5.95. The molecule has 0 aromatic heterocycles. The first-order valence-electron chi connectivity index (χ1n) is 3.82. The number of anilines is 1. The van der Waals surface area contributed by atoms with E-state index in [4.69, 9.17) is 11.1 Å². The van der Waals surface area contributed by atoms with Gasteiger partial charge in [0.15, 0.2) is 0 Å². The number of amidine groups is 1. The van der Waals surface area contributed by atoms with Gasteiger partial charge in [0.1, 0.15) is 11.7 Å². The Morgan fingerprint density at radius 2 is 2.00 bits per heavy atom. The number of hydrogen-bond donors (Lipinski definition) is 3. The molecule has 0 aliphatic heterocycles. The zero-order valence-electron chi connectivity index (χ0n) is 7.22. The summed E-state index contributed by atoms with van der Waals surface area (Å²) in [4.78, 5) is 0. The van der Waals surface area contributed by atoms with Crippen LogP contribution in [0.4, 0.5) is 10.1 Å². The molecule has 0 unspecified atom stereocenters. The fourth-order valence-corrected chi connectivity index (χ4v) is 1.49. The second-order valence-corrected chi connectivity index (χ2v) is 3.74. The van der Waals surface area contributed by atoms with Gasteiger partial charge in [-0.3, -0.25) is 5.41 Å². The van der Waals surface area contributed by atoms with Crippen LogP contribution in [0.15, 0.2) is 34.0 Å². The summed E-state index contributed by atoms with van der Waals surface area (Å²) in [6.45, 7) is 0. The zero-order chi connectivity index (χ0) is 10.6. The summed E-state index contributed by atoms with van der Waals surface area (Å²) in [5.74, 6) is -0.301. The molecule has 3 nitrogen and oxygen atoms in total. The Balaban J connectivity index is 2.69. The number of hydrogen-bond acceptors (Lipinski definition) is 2. The summed E-state index contributed by atoms with van der Waals surface area (Å²) in [7, 11) is 0. The molecule has 0 atom stereocenters. The molecule has 0 spiro atoms. The lowest BCUT2D eigenvalue weighted by molar-refractivity contribution is 0.628. The molecule has 0 aliphatic carbocycles. The Bertz CT molecular complexity index is 359. The first-order chi connectivity index (χ1) is 6.58. The lowest BCUT2D eigenvalue weighted by Crippen LogP contribution is -2.07.